The number of benzene rings is 5. The number of amides is 2. The highest BCUT2D eigenvalue weighted by atomic mass is 32.2. The molecule has 9 rings (SSSR count). The Labute approximate surface area is 282 Å². The van der Waals surface area contributed by atoms with Gasteiger partial charge in [0.1, 0.15) is 5.58 Å². The number of carbonyl (C=O) groups excluding carboxylic acids is 2. The Hall–Kier alpha value is -5.58. The lowest BCUT2D eigenvalue weighted by Gasteiger charge is -2.32. The van der Waals surface area contributed by atoms with Crippen LogP contribution in [0.15, 0.2) is 135 Å². The predicted octanol–water partition coefficient (Wildman–Crippen LogP) is 7.54. The molecule has 1 atom stereocenters. The lowest BCUT2D eigenvalue weighted by molar-refractivity contribution is -0.121. The van der Waals surface area contributed by atoms with Crippen LogP contribution >= 0.6 is 23.1 Å². The first kappa shape index (κ1) is 28.6. The van der Waals surface area contributed by atoms with Crippen molar-refractivity contribution in [3.05, 3.63) is 160 Å². The van der Waals surface area contributed by atoms with Crippen LogP contribution in [0.25, 0.3) is 21.7 Å². The fourth-order valence-electron chi connectivity index (χ4n) is 6.94. The Morgan fingerprint density at radius 3 is 2.35 bits per heavy atom. The van der Waals surface area contributed by atoms with Crippen LogP contribution in [0.5, 0.6) is 0 Å². The fourth-order valence-corrected chi connectivity index (χ4v) is 8.84. The molecule has 1 unspecified atom stereocenters. The van der Waals surface area contributed by atoms with Gasteiger partial charge in [-0.25, -0.2) is 0 Å². The van der Waals surface area contributed by atoms with Crippen molar-refractivity contribution >= 4 is 67.5 Å². The maximum Gasteiger partial charge on any atom is 0.297 e. The number of hydrogen-bond acceptors (Lipinski definition) is 8. The van der Waals surface area contributed by atoms with Gasteiger partial charge in [-0.1, -0.05) is 126 Å². The minimum absolute atomic E-state index is 0.000583. The van der Waals surface area contributed by atoms with Crippen molar-refractivity contribution in [2.75, 3.05) is 9.80 Å². The van der Waals surface area contributed by atoms with E-state index in [-0.39, 0.29) is 28.6 Å². The minimum atomic E-state index is -1.83. The molecule has 0 saturated heterocycles. The first-order valence-electron chi connectivity index (χ1n) is 15.3. The molecule has 10 heteroatoms. The third kappa shape index (κ3) is 4.12. The van der Waals surface area contributed by atoms with Gasteiger partial charge in [-0.05, 0) is 40.1 Å². The molecule has 48 heavy (non-hydrogen) atoms. The van der Waals surface area contributed by atoms with Crippen LogP contribution < -0.4 is 15.2 Å². The normalized spacial score (nSPS) is 16.8. The SMILES string of the molecule is O=C1c2oc3ccccc3c(=O)c2C2(C(=O)N(Cc3ccccc3)c3ccccc32)N1c1nnc(SCc2cccc3ccccc23)s1. The van der Waals surface area contributed by atoms with Crippen molar-refractivity contribution in [3.63, 3.8) is 0 Å². The molecule has 2 aliphatic heterocycles. The summed E-state index contributed by atoms with van der Waals surface area (Å²) in [6.45, 7) is 0.247. The number of carbonyl (C=O) groups is 2. The molecule has 2 aliphatic rings. The lowest BCUT2D eigenvalue weighted by atomic mass is 9.84. The summed E-state index contributed by atoms with van der Waals surface area (Å²) in [6, 6.07) is 38.2. The highest BCUT2D eigenvalue weighted by molar-refractivity contribution is 8.00. The van der Waals surface area contributed by atoms with Crippen molar-refractivity contribution in [2.24, 2.45) is 0 Å². The summed E-state index contributed by atoms with van der Waals surface area (Å²) < 4.78 is 6.82. The van der Waals surface area contributed by atoms with Gasteiger partial charge in [0.2, 0.25) is 10.9 Å². The molecule has 0 bridgehead atoms. The highest BCUT2D eigenvalue weighted by Crippen LogP contribution is 2.55. The molecule has 0 fully saturated rings. The van der Waals surface area contributed by atoms with E-state index in [1.54, 1.807) is 35.2 Å². The van der Waals surface area contributed by atoms with Crippen LogP contribution in [-0.2, 0) is 22.6 Å². The molecule has 7 aromatic rings. The highest BCUT2D eigenvalue weighted by Gasteiger charge is 2.66. The third-order valence-corrected chi connectivity index (χ3v) is 11.1. The Balaban J connectivity index is 1.20. The van der Waals surface area contributed by atoms with E-state index >= 15 is 4.79 Å². The van der Waals surface area contributed by atoms with Crippen LogP contribution in [0.3, 0.4) is 0 Å². The molecular weight excluding hydrogens is 641 g/mol. The number of para-hydroxylation sites is 2. The number of thioether (sulfide) groups is 1. The number of rotatable bonds is 6. The second kappa shape index (κ2) is 11.0. The Kier molecular flexibility index (Phi) is 6.56. The largest absolute Gasteiger partial charge is 0.450 e. The van der Waals surface area contributed by atoms with Crippen LogP contribution in [0.2, 0.25) is 0 Å². The van der Waals surface area contributed by atoms with Crippen molar-refractivity contribution in [1.29, 1.82) is 0 Å². The molecule has 1 spiro atoms. The second-order valence-corrected chi connectivity index (χ2v) is 13.8. The Morgan fingerprint density at radius 2 is 1.48 bits per heavy atom. The first-order chi connectivity index (χ1) is 23.6. The molecular formula is C38H24N4O4S2. The van der Waals surface area contributed by atoms with Gasteiger partial charge in [-0.15, -0.1) is 10.2 Å². The lowest BCUT2D eigenvalue weighted by Crippen LogP contribution is -2.53. The number of hydrogen-bond donors (Lipinski definition) is 0. The summed E-state index contributed by atoms with van der Waals surface area (Å²) in [5.41, 5.74) is 1.19. The zero-order valence-electron chi connectivity index (χ0n) is 25.2. The Bertz CT molecular complexity index is 2490. The summed E-state index contributed by atoms with van der Waals surface area (Å²) in [5.74, 6) is -0.571. The van der Waals surface area contributed by atoms with Crippen molar-refractivity contribution < 1.29 is 14.0 Å². The average molecular weight is 665 g/mol. The second-order valence-electron chi connectivity index (χ2n) is 11.7. The van der Waals surface area contributed by atoms with Crippen molar-refractivity contribution in [1.82, 2.24) is 10.2 Å². The van der Waals surface area contributed by atoms with Gasteiger partial charge < -0.3 is 9.32 Å². The van der Waals surface area contributed by atoms with E-state index < -0.39 is 22.8 Å². The molecule has 0 N–H and O–H groups in total. The quantitative estimate of drug-likeness (QED) is 0.134. The minimum Gasteiger partial charge on any atom is -0.450 e. The molecule has 0 aliphatic carbocycles. The van der Waals surface area contributed by atoms with Gasteiger partial charge in [-0.2, -0.15) is 0 Å². The zero-order chi connectivity index (χ0) is 32.4. The predicted molar refractivity (Wildman–Crippen MR) is 188 cm³/mol. The van der Waals surface area contributed by atoms with Crippen LogP contribution in [0.1, 0.15) is 32.8 Å². The van der Waals surface area contributed by atoms with Gasteiger partial charge in [0.25, 0.3) is 11.8 Å². The van der Waals surface area contributed by atoms with Gasteiger partial charge in [-0.3, -0.25) is 19.3 Å². The maximum absolute atomic E-state index is 15.1. The molecule has 5 aromatic carbocycles. The van der Waals surface area contributed by atoms with Crippen LogP contribution in [0.4, 0.5) is 10.8 Å². The smallest absolute Gasteiger partial charge is 0.297 e. The van der Waals surface area contributed by atoms with Crippen molar-refractivity contribution in [2.45, 2.75) is 22.2 Å². The van der Waals surface area contributed by atoms with E-state index in [0.29, 0.717) is 26.7 Å². The van der Waals surface area contributed by atoms with Gasteiger partial charge >= 0.3 is 0 Å². The van der Waals surface area contributed by atoms with E-state index in [1.165, 1.54) is 28.0 Å². The molecule has 0 radical (unpaired) electrons. The summed E-state index contributed by atoms with van der Waals surface area (Å²) in [7, 11) is 0. The maximum atomic E-state index is 15.1. The molecule has 8 nitrogen and oxygen atoms in total. The number of anilines is 2. The van der Waals surface area contributed by atoms with Crippen LogP contribution in [-0.4, -0.2) is 22.0 Å². The number of aromatic nitrogens is 2. The van der Waals surface area contributed by atoms with E-state index in [1.807, 2.05) is 66.7 Å². The fraction of sp³-hybridized carbons (Fsp3) is 0.0789. The van der Waals surface area contributed by atoms with E-state index in [0.717, 1.165) is 21.9 Å². The van der Waals surface area contributed by atoms with Gasteiger partial charge in [0, 0.05) is 11.3 Å². The summed E-state index contributed by atoms with van der Waals surface area (Å²) in [5, 5.41) is 11.7. The molecule has 4 heterocycles. The van der Waals surface area contributed by atoms with E-state index in [2.05, 4.69) is 34.5 Å². The standard InChI is InChI=1S/C38H24N4O4S2/c43-32-27-17-6-9-20-30(27)46-33-31(32)38(28-18-7-8-19-29(28)41(35(38)45)21-23-11-2-1-3-12-23)42(34(33)44)36-39-40-37(48-36)47-22-25-15-10-14-24-13-4-5-16-26(24)25/h1-20H,21-22H2. The summed E-state index contributed by atoms with van der Waals surface area (Å²) in [4.78, 5) is 47.1. The van der Waals surface area contributed by atoms with Gasteiger partial charge in [0.15, 0.2) is 15.3 Å². The monoisotopic (exact) mass is 664 g/mol. The van der Waals surface area contributed by atoms with Crippen LogP contribution in [0, 0.1) is 0 Å². The molecule has 232 valence electrons. The summed E-state index contributed by atoms with van der Waals surface area (Å²) >= 11 is 2.72. The molecule has 0 saturated carbocycles. The third-order valence-electron chi connectivity index (χ3n) is 9.03. The molecule has 2 amide bonds. The topological polar surface area (TPSA) is 96.6 Å². The first-order valence-corrected chi connectivity index (χ1v) is 17.1. The zero-order valence-corrected chi connectivity index (χ0v) is 26.8. The number of nitrogens with zero attached hydrogens (tertiary/aromatic N) is 4. The van der Waals surface area contributed by atoms with E-state index in [4.69, 9.17) is 4.42 Å². The van der Waals surface area contributed by atoms with Gasteiger partial charge in [0.05, 0.1) is 23.2 Å². The number of fused-ring (bicyclic) bond motifs is 6. The van der Waals surface area contributed by atoms with E-state index in [9.17, 15) is 9.59 Å². The average Bonchev–Trinajstić information content (AvgIpc) is 3.77. The van der Waals surface area contributed by atoms with Crippen molar-refractivity contribution in [3.8, 4) is 0 Å². The summed E-state index contributed by atoms with van der Waals surface area (Å²) in [6.07, 6.45) is 0. The molecule has 2 aromatic heterocycles. The Morgan fingerprint density at radius 1 is 0.750 bits per heavy atom.